The molecule has 0 aliphatic heterocycles. The zero-order valence-electron chi connectivity index (χ0n) is 20.7. The lowest BCUT2D eigenvalue weighted by Gasteiger charge is -2.28. The number of H-pyrrole nitrogens is 1. The van der Waals surface area contributed by atoms with Gasteiger partial charge in [0.2, 0.25) is 0 Å². The fourth-order valence-electron chi connectivity index (χ4n) is 3.59. The second-order valence-corrected chi connectivity index (χ2v) is 16.4. The van der Waals surface area contributed by atoms with Crippen molar-refractivity contribution in [2.45, 2.75) is 67.3 Å². The summed E-state index contributed by atoms with van der Waals surface area (Å²) in [4.78, 5) is 15.0. The van der Waals surface area contributed by atoms with Gasteiger partial charge in [-0.25, -0.2) is 25.3 Å². The topological polar surface area (TPSA) is 156 Å². The van der Waals surface area contributed by atoms with E-state index in [0.717, 1.165) is 6.26 Å². The molecule has 2 aromatic rings. The molecule has 0 fully saturated rings. The Morgan fingerprint density at radius 2 is 1.12 bits per heavy atom. The number of sulfone groups is 3. The summed E-state index contributed by atoms with van der Waals surface area (Å²) >= 11 is 0. The van der Waals surface area contributed by atoms with Gasteiger partial charge in [-0.15, -0.1) is 0 Å². The number of carbonyl (C=O) groups excluding carboxylic acids is 1. The number of phenolic OH excluding ortho intramolecular Hbond substituents is 1. The minimum atomic E-state index is -4.37. The normalized spacial score (nSPS) is 13.8. The summed E-state index contributed by atoms with van der Waals surface area (Å²) in [6.07, 6.45) is 2.15. The number of benzene rings is 1. The summed E-state index contributed by atoms with van der Waals surface area (Å²) in [6.45, 7) is 10.9. The molecule has 0 amide bonds. The van der Waals surface area contributed by atoms with Crippen LogP contribution in [-0.2, 0) is 40.3 Å². The van der Waals surface area contributed by atoms with Gasteiger partial charge in [-0.05, 0) is 23.0 Å². The van der Waals surface area contributed by atoms with Crippen LogP contribution in [0.4, 0.5) is 0 Å². The minimum absolute atomic E-state index is 0.0332. The van der Waals surface area contributed by atoms with Crippen LogP contribution in [0.25, 0.3) is 0 Å². The number of ketones is 1. The van der Waals surface area contributed by atoms with Crippen LogP contribution < -0.4 is 0 Å². The molecule has 9 nitrogen and oxygen atoms in total. The highest BCUT2D eigenvalue weighted by atomic mass is 32.2. The summed E-state index contributed by atoms with van der Waals surface area (Å²) in [5.74, 6) is -1.03. The number of aromatic hydroxyl groups is 1. The van der Waals surface area contributed by atoms with Crippen LogP contribution in [0.1, 0.15) is 68.6 Å². The Kier molecular flexibility index (Phi) is 6.77. The summed E-state index contributed by atoms with van der Waals surface area (Å²) in [6, 6.07) is 2.75. The van der Waals surface area contributed by atoms with E-state index in [2.05, 4.69) is 4.98 Å². The lowest BCUT2D eigenvalue weighted by molar-refractivity contribution is 0.103. The van der Waals surface area contributed by atoms with Gasteiger partial charge in [-0.1, -0.05) is 41.5 Å². The third-order valence-electron chi connectivity index (χ3n) is 5.21. The molecule has 12 heteroatoms. The maximum absolute atomic E-state index is 13.8. The highest BCUT2D eigenvalue weighted by Crippen LogP contribution is 2.41. The smallest absolute Gasteiger partial charge is 0.197 e. The van der Waals surface area contributed by atoms with Gasteiger partial charge in [-0.3, -0.25) is 4.79 Å². The Morgan fingerprint density at radius 3 is 1.41 bits per heavy atom. The molecule has 1 heterocycles. The standard InChI is InChI=1S/C22H31NO8S3/c1-21(2,3)13-10-12(11-14(17(13)25)22(4,5)6)16(24)15-18(32(7,26)27)20(34(9,30)31)23-19(15)33(8,28)29/h10-11,23,25H,1-9H3. The van der Waals surface area contributed by atoms with Gasteiger partial charge in [0.05, 0.1) is 5.56 Å². The maximum Gasteiger partial charge on any atom is 0.197 e. The molecule has 1 aromatic heterocycles. The quantitative estimate of drug-likeness (QED) is 0.556. The van der Waals surface area contributed by atoms with Crippen molar-refractivity contribution in [3.63, 3.8) is 0 Å². The minimum Gasteiger partial charge on any atom is -0.507 e. The Labute approximate surface area is 201 Å². The Bertz CT molecular complexity index is 1460. The fraction of sp³-hybridized carbons (Fsp3) is 0.500. The first-order chi connectivity index (χ1) is 14.9. The van der Waals surface area contributed by atoms with E-state index in [9.17, 15) is 35.2 Å². The van der Waals surface area contributed by atoms with Crippen molar-refractivity contribution in [3.05, 3.63) is 34.4 Å². The van der Waals surface area contributed by atoms with E-state index in [4.69, 9.17) is 0 Å². The van der Waals surface area contributed by atoms with Crippen LogP contribution in [-0.4, -0.2) is 59.9 Å². The average molecular weight is 534 g/mol. The third kappa shape index (κ3) is 5.38. The van der Waals surface area contributed by atoms with Crippen LogP contribution in [0.15, 0.2) is 27.1 Å². The highest BCUT2D eigenvalue weighted by molar-refractivity contribution is 7.94. The van der Waals surface area contributed by atoms with Crippen molar-refractivity contribution in [2.75, 3.05) is 18.8 Å². The van der Waals surface area contributed by atoms with Crippen molar-refractivity contribution in [1.82, 2.24) is 4.98 Å². The molecule has 1 aromatic carbocycles. The van der Waals surface area contributed by atoms with Crippen molar-refractivity contribution >= 4 is 35.3 Å². The van der Waals surface area contributed by atoms with Gasteiger partial charge < -0.3 is 10.1 Å². The van der Waals surface area contributed by atoms with Crippen LogP contribution in [0.5, 0.6) is 5.75 Å². The molecule has 2 rings (SSSR count). The monoisotopic (exact) mass is 533 g/mol. The molecule has 2 N–H and O–H groups in total. The van der Waals surface area contributed by atoms with Gasteiger partial charge in [-0.2, -0.15) is 0 Å². The predicted molar refractivity (Wildman–Crippen MR) is 129 cm³/mol. The van der Waals surface area contributed by atoms with Crippen molar-refractivity contribution in [1.29, 1.82) is 0 Å². The van der Waals surface area contributed by atoms with E-state index in [1.165, 1.54) is 12.1 Å². The number of rotatable bonds is 5. The fourth-order valence-corrected chi connectivity index (χ4v) is 7.16. The first-order valence-electron chi connectivity index (χ1n) is 10.2. The van der Waals surface area contributed by atoms with Crippen LogP contribution >= 0.6 is 0 Å². The number of nitrogens with one attached hydrogen (secondary N) is 1. The molecule has 0 radical (unpaired) electrons. The number of aromatic amines is 1. The summed E-state index contributed by atoms with van der Waals surface area (Å²) in [7, 11) is -12.9. The van der Waals surface area contributed by atoms with Gasteiger partial charge in [0.25, 0.3) is 0 Å². The van der Waals surface area contributed by atoms with Crippen LogP contribution in [0, 0.1) is 0 Å². The van der Waals surface area contributed by atoms with Crippen molar-refractivity contribution in [2.24, 2.45) is 0 Å². The third-order valence-corrected chi connectivity index (χ3v) is 8.59. The zero-order valence-corrected chi connectivity index (χ0v) is 23.1. The second-order valence-electron chi connectivity index (χ2n) is 10.6. The largest absolute Gasteiger partial charge is 0.507 e. The molecule has 0 spiro atoms. The number of carbonyl (C=O) groups is 1. The molecule has 0 bridgehead atoms. The van der Waals surface area contributed by atoms with E-state index in [1.54, 1.807) is 0 Å². The molecule has 34 heavy (non-hydrogen) atoms. The second kappa shape index (κ2) is 8.20. The van der Waals surface area contributed by atoms with E-state index in [0.29, 0.717) is 23.6 Å². The number of aromatic nitrogens is 1. The van der Waals surface area contributed by atoms with E-state index >= 15 is 0 Å². The highest BCUT2D eigenvalue weighted by Gasteiger charge is 2.38. The molecule has 0 aliphatic rings. The zero-order chi connectivity index (χ0) is 26.8. The maximum atomic E-state index is 13.8. The Balaban J connectivity index is 3.14. The molecule has 0 aliphatic carbocycles. The van der Waals surface area contributed by atoms with Gasteiger partial charge in [0.1, 0.15) is 15.7 Å². The number of hydrogen-bond donors (Lipinski definition) is 2. The van der Waals surface area contributed by atoms with E-state index < -0.39 is 66.6 Å². The number of hydrogen-bond acceptors (Lipinski definition) is 8. The summed E-state index contributed by atoms with van der Waals surface area (Å²) in [5, 5.41) is 9.25. The van der Waals surface area contributed by atoms with Gasteiger partial charge in [0, 0.05) is 35.5 Å². The first kappa shape index (κ1) is 28.1. The van der Waals surface area contributed by atoms with Crippen LogP contribution in [0.3, 0.4) is 0 Å². The average Bonchev–Trinajstić information content (AvgIpc) is 3.00. The van der Waals surface area contributed by atoms with Crippen molar-refractivity contribution < 1.29 is 35.2 Å². The molecular weight excluding hydrogens is 502 g/mol. The molecule has 190 valence electrons. The summed E-state index contributed by atoms with van der Waals surface area (Å²) < 4.78 is 74.9. The van der Waals surface area contributed by atoms with Crippen molar-refractivity contribution in [3.8, 4) is 5.75 Å². The molecule has 0 saturated heterocycles. The van der Waals surface area contributed by atoms with Gasteiger partial charge in [0.15, 0.2) is 40.3 Å². The Morgan fingerprint density at radius 1 is 0.735 bits per heavy atom. The van der Waals surface area contributed by atoms with E-state index in [-0.39, 0.29) is 11.3 Å². The molecule has 0 unspecified atom stereocenters. The molecule has 0 atom stereocenters. The lowest BCUT2D eigenvalue weighted by atomic mass is 9.78. The Hall–Kier alpha value is -2.18. The molecular formula is C22H31NO8S3. The summed E-state index contributed by atoms with van der Waals surface area (Å²) in [5.41, 5.74) is -1.32. The number of phenols is 1. The van der Waals surface area contributed by atoms with Gasteiger partial charge >= 0.3 is 0 Å². The predicted octanol–water partition coefficient (Wildman–Crippen LogP) is 2.76. The SMILES string of the molecule is CC(C)(C)c1cc(C(=O)c2c(S(C)(=O)=O)[nH]c(S(C)(=O)=O)c2S(C)(=O)=O)cc(C(C)(C)C)c1O. The van der Waals surface area contributed by atoms with E-state index in [1.807, 2.05) is 41.5 Å². The van der Waals surface area contributed by atoms with Crippen LogP contribution in [0.2, 0.25) is 0 Å². The first-order valence-corrected chi connectivity index (χ1v) is 15.8. The molecule has 0 saturated carbocycles. The lowest BCUT2D eigenvalue weighted by Crippen LogP contribution is -2.20.